The average molecular weight is 467 g/mol. The lowest BCUT2D eigenvalue weighted by Gasteiger charge is -2.10. The standard InChI is InChI=1S/C17H15ClN6O4S2/c1-10(15-9-29-17(19)20-15)21-22-14-7-6-13(8-16(14)24(25)26)30(27,28)23-12-4-2-11(18)3-5-12/h2-9,22-23H,1H3,(H2,19,20)/b21-10+. The molecule has 0 radical (unpaired) electrons. The van der Waals surface area contributed by atoms with Crippen LogP contribution < -0.4 is 15.9 Å². The lowest BCUT2D eigenvalue weighted by molar-refractivity contribution is -0.384. The quantitative estimate of drug-likeness (QED) is 0.271. The average Bonchev–Trinajstić information content (AvgIpc) is 3.14. The maximum atomic E-state index is 12.6. The van der Waals surface area contributed by atoms with Crippen molar-refractivity contribution in [2.75, 3.05) is 15.9 Å². The molecule has 13 heteroatoms. The molecule has 3 rings (SSSR count). The van der Waals surface area contributed by atoms with E-state index in [0.29, 0.717) is 21.6 Å². The molecule has 2 aromatic carbocycles. The van der Waals surface area contributed by atoms with Crippen LogP contribution >= 0.6 is 22.9 Å². The molecule has 3 aromatic rings. The Bertz CT molecular complexity index is 1230. The van der Waals surface area contributed by atoms with Crippen molar-refractivity contribution in [1.82, 2.24) is 4.98 Å². The molecule has 0 saturated heterocycles. The molecule has 4 N–H and O–H groups in total. The smallest absolute Gasteiger partial charge is 0.295 e. The first kappa shape index (κ1) is 21.5. The zero-order valence-electron chi connectivity index (χ0n) is 15.4. The molecule has 0 unspecified atom stereocenters. The van der Waals surface area contributed by atoms with Gasteiger partial charge in [-0.25, -0.2) is 13.4 Å². The van der Waals surface area contributed by atoms with Crippen molar-refractivity contribution < 1.29 is 13.3 Å². The molecule has 0 fully saturated rings. The molecule has 1 heterocycles. The molecule has 0 bridgehead atoms. The van der Waals surface area contributed by atoms with Crippen LogP contribution in [0.5, 0.6) is 0 Å². The highest BCUT2D eigenvalue weighted by atomic mass is 35.5. The number of thiazole rings is 1. The number of nitrogen functional groups attached to an aromatic ring is 1. The molecule has 0 atom stereocenters. The number of nitro benzene ring substituents is 1. The second kappa shape index (κ2) is 8.65. The van der Waals surface area contributed by atoms with Crippen LogP contribution in [-0.4, -0.2) is 24.0 Å². The topological polar surface area (TPSA) is 153 Å². The van der Waals surface area contributed by atoms with Gasteiger partial charge in [-0.15, -0.1) is 11.3 Å². The molecule has 30 heavy (non-hydrogen) atoms. The van der Waals surface area contributed by atoms with Crippen LogP contribution in [0.25, 0.3) is 0 Å². The zero-order chi connectivity index (χ0) is 21.9. The van der Waals surface area contributed by atoms with Crippen molar-refractivity contribution >= 4 is 60.9 Å². The molecule has 1 aromatic heterocycles. The normalized spacial score (nSPS) is 11.9. The Morgan fingerprint density at radius 2 is 1.97 bits per heavy atom. The largest absolute Gasteiger partial charge is 0.375 e. The first-order valence-electron chi connectivity index (χ1n) is 8.24. The van der Waals surface area contributed by atoms with Crippen molar-refractivity contribution in [3.8, 4) is 0 Å². The van der Waals surface area contributed by atoms with Crippen molar-refractivity contribution in [2.45, 2.75) is 11.8 Å². The Labute approximate surface area is 180 Å². The highest BCUT2D eigenvalue weighted by Gasteiger charge is 2.22. The van der Waals surface area contributed by atoms with Crippen molar-refractivity contribution in [2.24, 2.45) is 5.10 Å². The summed E-state index contributed by atoms with van der Waals surface area (Å²) in [5.41, 5.74) is 8.98. The summed E-state index contributed by atoms with van der Waals surface area (Å²) < 4.78 is 27.5. The number of hydrazone groups is 1. The first-order chi connectivity index (χ1) is 14.2. The van der Waals surface area contributed by atoms with Crippen LogP contribution in [0.2, 0.25) is 5.02 Å². The van der Waals surface area contributed by atoms with E-state index in [2.05, 4.69) is 20.2 Å². The van der Waals surface area contributed by atoms with E-state index in [9.17, 15) is 18.5 Å². The molecule has 0 amide bonds. The number of hydrogen-bond donors (Lipinski definition) is 3. The number of anilines is 3. The number of hydrogen-bond acceptors (Lipinski definition) is 9. The maximum Gasteiger partial charge on any atom is 0.295 e. The highest BCUT2D eigenvalue weighted by molar-refractivity contribution is 7.92. The minimum atomic E-state index is -4.05. The molecule has 10 nitrogen and oxygen atoms in total. The lowest BCUT2D eigenvalue weighted by Crippen LogP contribution is -2.13. The minimum absolute atomic E-state index is 0.0213. The van der Waals surface area contributed by atoms with Gasteiger partial charge >= 0.3 is 0 Å². The summed E-state index contributed by atoms with van der Waals surface area (Å²) in [6.45, 7) is 1.65. The van der Waals surface area contributed by atoms with Gasteiger partial charge in [0.15, 0.2) is 5.13 Å². The van der Waals surface area contributed by atoms with E-state index in [1.165, 1.54) is 47.7 Å². The third-order valence-electron chi connectivity index (χ3n) is 3.81. The number of nitrogens with one attached hydrogen (secondary N) is 2. The first-order valence-corrected chi connectivity index (χ1v) is 11.0. The van der Waals surface area contributed by atoms with Crippen LogP contribution in [0.4, 0.5) is 22.2 Å². The van der Waals surface area contributed by atoms with Gasteiger partial charge in [0.25, 0.3) is 15.7 Å². The van der Waals surface area contributed by atoms with Gasteiger partial charge in [0.05, 0.1) is 21.2 Å². The van der Waals surface area contributed by atoms with Gasteiger partial charge in [-0.05, 0) is 43.3 Å². The number of aromatic nitrogens is 1. The van der Waals surface area contributed by atoms with Crippen molar-refractivity contribution in [3.05, 3.63) is 68.7 Å². The van der Waals surface area contributed by atoms with E-state index in [1.807, 2.05) is 0 Å². The number of halogens is 1. The van der Waals surface area contributed by atoms with Crippen molar-refractivity contribution in [1.29, 1.82) is 0 Å². The Hall–Kier alpha value is -3.22. The SMILES string of the molecule is C/C(=N\Nc1ccc(S(=O)(=O)Nc2ccc(Cl)cc2)cc1[N+](=O)[O-])c1csc(N)n1. The van der Waals surface area contributed by atoms with E-state index in [1.54, 1.807) is 12.3 Å². The van der Waals surface area contributed by atoms with Crippen LogP contribution in [0.15, 0.2) is 57.8 Å². The highest BCUT2D eigenvalue weighted by Crippen LogP contribution is 2.29. The molecule has 0 aliphatic heterocycles. The summed E-state index contributed by atoms with van der Waals surface area (Å²) >= 11 is 7.02. The maximum absolute atomic E-state index is 12.6. The fourth-order valence-electron chi connectivity index (χ4n) is 2.31. The Kier molecular flexibility index (Phi) is 6.20. The number of nitrogens with two attached hydrogens (primary N) is 1. The van der Waals surface area contributed by atoms with Gasteiger partial charge in [0, 0.05) is 22.2 Å². The Balaban J connectivity index is 1.87. The molecule has 0 saturated carbocycles. The fourth-order valence-corrected chi connectivity index (χ4v) is 4.12. The summed E-state index contributed by atoms with van der Waals surface area (Å²) in [6, 6.07) is 9.45. The third-order valence-corrected chi connectivity index (χ3v) is 6.11. The molecule has 156 valence electrons. The van der Waals surface area contributed by atoms with Crippen LogP contribution in [0, 0.1) is 10.1 Å². The lowest BCUT2D eigenvalue weighted by atomic mass is 10.3. The molecule has 0 aliphatic rings. The molecular formula is C17H15ClN6O4S2. The van der Waals surface area contributed by atoms with Crippen LogP contribution in [0.3, 0.4) is 0 Å². The Morgan fingerprint density at radius 1 is 1.27 bits per heavy atom. The van der Waals surface area contributed by atoms with E-state index in [-0.39, 0.29) is 16.3 Å². The van der Waals surface area contributed by atoms with Gasteiger partial charge in [0.2, 0.25) is 0 Å². The van der Waals surface area contributed by atoms with E-state index < -0.39 is 20.6 Å². The second-order valence-electron chi connectivity index (χ2n) is 5.93. The van der Waals surface area contributed by atoms with Gasteiger partial charge in [-0.2, -0.15) is 5.10 Å². The fraction of sp³-hybridized carbons (Fsp3) is 0.0588. The van der Waals surface area contributed by atoms with Gasteiger partial charge in [0.1, 0.15) is 5.69 Å². The zero-order valence-corrected chi connectivity index (χ0v) is 17.8. The number of sulfonamides is 1. The van der Waals surface area contributed by atoms with E-state index in [0.717, 1.165) is 6.07 Å². The molecule has 0 spiro atoms. The summed E-state index contributed by atoms with van der Waals surface area (Å²) in [7, 11) is -4.05. The van der Waals surface area contributed by atoms with Crippen LogP contribution in [-0.2, 0) is 10.0 Å². The van der Waals surface area contributed by atoms with Crippen LogP contribution in [0.1, 0.15) is 12.6 Å². The number of nitrogens with zero attached hydrogens (tertiary/aromatic N) is 3. The summed E-state index contributed by atoms with van der Waals surface area (Å²) in [6.07, 6.45) is 0. The predicted octanol–water partition coefficient (Wildman–Crippen LogP) is 3.92. The summed E-state index contributed by atoms with van der Waals surface area (Å²) in [5, 5.41) is 18.0. The number of benzene rings is 2. The summed E-state index contributed by atoms with van der Waals surface area (Å²) in [4.78, 5) is 14.6. The second-order valence-corrected chi connectivity index (χ2v) is 8.94. The van der Waals surface area contributed by atoms with Gasteiger partial charge in [-0.3, -0.25) is 20.3 Å². The molecular weight excluding hydrogens is 452 g/mol. The van der Waals surface area contributed by atoms with E-state index >= 15 is 0 Å². The molecule has 0 aliphatic carbocycles. The monoisotopic (exact) mass is 466 g/mol. The summed E-state index contributed by atoms with van der Waals surface area (Å²) in [5.74, 6) is 0. The van der Waals surface area contributed by atoms with E-state index in [4.69, 9.17) is 17.3 Å². The third kappa shape index (κ3) is 5.03. The van der Waals surface area contributed by atoms with Gasteiger partial charge in [-0.1, -0.05) is 11.6 Å². The number of rotatable bonds is 7. The minimum Gasteiger partial charge on any atom is -0.375 e. The number of nitro groups is 1. The van der Waals surface area contributed by atoms with Crippen molar-refractivity contribution in [3.63, 3.8) is 0 Å². The van der Waals surface area contributed by atoms with Gasteiger partial charge < -0.3 is 5.73 Å². The Morgan fingerprint density at radius 3 is 2.57 bits per heavy atom. The predicted molar refractivity (Wildman–Crippen MR) is 118 cm³/mol.